The second-order valence-electron chi connectivity index (χ2n) is 4.96. The van der Waals surface area contributed by atoms with Gasteiger partial charge in [-0.25, -0.2) is 4.39 Å². The van der Waals surface area contributed by atoms with Gasteiger partial charge in [0.25, 0.3) is 0 Å². The van der Waals surface area contributed by atoms with Crippen LogP contribution in [0.15, 0.2) is 42.5 Å². The standard InChI is InChI=1S/C17H17FO/c1-12-3-5-14(6-4-12)10-16(19)11-15-7-8-17(18)13(2)9-15/h3-9H,10-11H2,1-2H3. The lowest BCUT2D eigenvalue weighted by Crippen LogP contribution is -2.07. The van der Waals surface area contributed by atoms with E-state index in [9.17, 15) is 9.18 Å². The van der Waals surface area contributed by atoms with Crippen molar-refractivity contribution in [1.82, 2.24) is 0 Å². The summed E-state index contributed by atoms with van der Waals surface area (Å²) in [6, 6.07) is 12.8. The molecule has 0 spiro atoms. The van der Waals surface area contributed by atoms with E-state index in [1.165, 1.54) is 11.6 Å². The highest BCUT2D eigenvalue weighted by Gasteiger charge is 2.07. The van der Waals surface area contributed by atoms with Crippen LogP contribution in [0.1, 0.15) is 22.3 Å². The molecule has 0 heterocycles. The summed E-state index contributed by atoms with van der Waals surface area (Å²) in [5, 5.41) is 0. The number of hydrogen-bond acceptors (Lipinski definition) is 1. The SMILES string of the molecule is Cc1ccc(CC(=O)Cc2ccc(F)c(C)c2)cc1. The summed E-state index contributed by atoms with van der Waals surface area (Å²) in [6.07, 6.45) is 0.783. The summed E-state index contributed by atoms with van der Waals surface area (Å²) in [6.45, 7) is 3.73. The number of rotatable bonds is 4. The average molecular weight is 256 g/mol. The summed E-state index contributed by atoms with van der Waals surface area (Å²) in [7, 11) is 0. The Morgan fingerprint density at radius 2 is 1.53 bits per heavy atom. The minimum absolute atomic E-state index is 0.148. The van der Waals surface area contributed by atoms with Crippen molar-refractivity contribution in [2.75, 3.05) is 0 Å². The first-order valence-corrected chi connectivity index (χ1v) is 6.37. The number of hydrogen-bond donors (Lipinski definition) is 0. The molecule has 19 heavy (non-hydrogen) atoms. The molecule has 98 valence electrons. The maximum atomic E-state index is 13.1. The Kier molecular flexibility index (Phi) is 4.10. The van der Waals surface area contributed by atoms with Crippen LogP contribution in [0, 0.1) is 19.7 Å². The number of carbonyl (C=O) groups is 1. The van der Waals surface area contributed by atoms with Crippen molar-refractivity contribution in [3.63, 3.8) is 0 Å². The molecule has 0 N–H and O–H groups in total. The second-order valence-corrected chi connectivity index (χ2v) is 4.96. The van der Waals surface area contributed by atoms with Gasteiger partial charge in [0.05, 0.1) is 0 Å². The summed E-state index contributed by atoms with van der Waals surface area (Å²) < 4.78 is 13.1. The van der Waals surface area contributed by atoms with Crippen LogP contribution in [0.25, 0.3) is 0 Å². The Labute approximate surface area is 113 Å². The molecule has 0 aliphatic rings. The van der Waals surface area contributed by atoms with Gasteiger partial charge in [0, 0.05) is 12.8 Å². The predicted octanol–water partition coefficient (Wildman–Crippen LogP) is 3.80. The van der Waals surface area contributed by atoms with Gasteiger partial charge >= 0.3 is 0 Å². The molecule has 2 aromatic carbocycles. The summed E-state index contributed by atoms with van der Waals surface area (Å²) >= 11 is 0. The lowest BCUT2D eigenvalue weighted by atomic mass is 10.0. The van der Waals surface area contributed by atoms with Crippen LogP contribution in [0.3, 0.4) is 0 Å². The number of carbonyl (C=O) groups excluding carboxylic acids is 1. The van der Waals surface area contributed by atoms with E-state index < -0.39 is 0 Å². The Morgan fingerprint density at radius 3 is 2.16 bits per heavy atom. The van der Waals surface area contributed by atoms with Gasteiger partial charge in [-0.2, -0.15) is 0 Å². The third-order valence-electron chi connectivity index (χ3n) is 3.15. The first-order chi connectivity index (χ1) is 9.04. The zero-order valence-corrected chi connectivity index (χ0v) is 11.2. The molecule has 0 saturated heterocycles. The maximum Gasteiger partial charge on any atom is 0.141 e. The van der Waals surface area contributed by atoms with Gasteiger partial charge in [0.1, 0.15) is 11.6 Å². The minimum Gasteiger partial charge on any atom is -0.299 e. The molecule has 0 aliphatic heterocycles. The monoisotopic (exact) mass is 256 g/mol. The first kappa shape index (κ1) is 13.5. The largest absolute Gasteiger partial charge is 0.299 e. The molecule has 0 aromatic heterocycles. The highest BCUT2D eigenvalue weighted by Crippen LogP contribution is 2.11. The molecule has 0 atom stereocenters. The molecule has 0 saturated carbocycles. The Morgan fingerprint density at radius 1 is 0.947 bits per heavy atom. The molecule has 0 aliphatic carbocycles. The Balaban J connectivity index is 2.01. The number of benzene rings is 2. The van der Waals surface area contributed by atoms with Crippen LogP contribution in [0.2, 0.25) is 0 Å². The van der Waals surface area contributed by atoms with Crippen molar-refractivity contribution in [3.05, 3.63) is 70.5 Å². The molecular weight excluding hydrogens is 239 g/mol. The quantitative estimate of drug-likeness (QED) is 0.813. The number of Topliss-reactive ketones (excluding diaryl/α,β-unsaturated/α-hetero) is 1. The summed E-state index contributed by atoms with van der Waals surface area (Å²) in [5.74, 6) is -0.0791. The van der Waals surface area contributed by atoms with E-state index >= 15 is 0 Å². The molecular formula is C17H17FO. The normalized spacial score (nSPS) is 10.5. The minimum atomic E-state index is -0.227. The number of ketones is 1. The molecule has 2 heteroatoms. The fraction of sp³-hybridized carbons (Fsp3) is 0.235. The van der Waals surface area contributed by atoms with Crippen molar-refractivity contribution < 1.29 is 9.18 Å². The van der Waals surface area contributed by atoms with E-state index in [0.717, 1.165) is 11.1 Å². The lowest BCUT2D eigenvalue weighted by Gasteiger charge is -2.04. The van der Waals surface area contributed by atoms with E-state index in [-0.39, 0.29) is 11.6 Å². The van der Waals surface area contributed by atoms with Gasteiger partial charge in [0.2, 0.25) is 0 Å². The van der Waals surface area contributed by atoms with E-state index in [4.69, 9.17) is 0 Å². The van der Waals surface area contributed by atoms with Crippen LogP contribution < -0.4 is 0 Å². The van der Waals surface area contributed by atoms with Crippen LogP contribution in [0.4, 0.5) is 4.39 Å². The van der Waals surface area contributed by atoms with Gasteiger partial charge < -0.3 is 0 Å². The highest BCUT2D eigenvalue weighted by molar-refractivity contribution is 5.83. The topological polar surface area (TPSA) is 17.1 Å². The number of aryl methyl sites for hydroxylation is 2. The van der Waals surface area contributed by atoms with Crippen molar-refractivity contribution in [3.8, 4) is 0 Å². The Bertz CT molecular complexity index is 585. The third kappa shape index (κ3) is 3.75. The first-order valence-electron chi connectivity index (χ1n) is 6.37. The van der Waals surface area contributed by atoms with Gasteiger partial charge in [-0.3, -0.25) is 4.79 Å². The summed E-state index contributed by atoms with van der Waals surface area (Å²) in [5.41, 5.74) is 3.66. The van der Waals surface area contributed by atoms with Gasteiger partial charge in [-0.15, -0.1) is 0 Å². The number of halogens is 1. The van der Waals surface area contributed by atoms with E-state index in [0.29, 0.717) is 18.4 Å². The van der Waals surface area contributed by atoms with Crippen molar-refractivity contribution >= 4 is 5.78 Å². The van der Waals surface area contributed by atoms with Gasteiger partial charge in [0.15, 0.2) is 0 Å². The van der Waals surface area contributed by atoms with Crippen molar-refractivity contribution in [2.45, 2.75) is 26.7 Å². The zero-order valence-electron chi connectivity index (χ0n) is 11.2. The smallest absolute Gasteiger partial charge is 0.141 e. The molecule has 1 nitrogen and oxygen atoms in total. The molecule has 0 radical (unpaired) electrons. The predicted molar refractivity (Wildman–Crippen MR) is 74.7 cm³/mol. The molecule has 2 aromatic rings. The van der Waals surface area contributed by atoms with E-state index in [1.54, 1.807) is 19.1 Å². The van der Waals surface area contributed by atoms with Crippen LogP contribution in [0.5, 0.6) is 0 Å². The zero-order chi connectivity index (χ0) is 13.8. The summed E-state index contributed by atoms with van der Waals surface area (Å²) in [4.78, 5) is 12.0. The van der Waals surface area contributed by atoms with Crippen molar-refractivity contribution in [1.29, 1.82) is 0 Å². The second kappa shape index (κ2) is 5.79. The van der Waals surface area contributed by atoms with Crippen LogP contribution in [-0.4, -0.2) is 5.78 Å². The van der Waals surface area contributed by atoms with Gasteiger partial charge in [-0.05, 0) is 36.6 Å². The maximum absolute atomic E-state index is 13.1. The fourth-order valence-electron chi connectivity index (χ4n) is 2.04. The third-order valence-corrected chi connectivity index (χ3v) is 3.15. The molecule has 0 fully saturated rings. The highest BCUT2D eigenvalue weighted by atomic mass is 19.1. The Hall–Kier alpha value is -1.96. The van der Waals surface area contributed by atoms with Crippen molar-refractivity contribution in [2.24, 2.45) is 0 Å². The van der Waals surface area contributed by atoms with Gasteiger partial charge in [-0.1, -0.05) is 42.0 Å². The van der Waals surface area contributed by atoms with E-state index in [2.05, 4.69) is 0 Å². The van der Waals surface area contributed by atoms with Crippen LogP contribution >= 0.6 is 0 Å². The van der Waals surface area contributed by atoms with Crippen LogP contribution in [-0.2, 0) is 17.6 Å². The molecule has 0 amide bonds. The molecule has 0 bridgehead atoms. The molecule has 0 unspecified atom stereocenters. The average Bonchev–Trinajstić information content (AvgIpc) is 2.37. The fourth-order valence-corrected chi connectivity index (χ4v) is 2.04. The lowest BCUT2D eigenvalue weighted by molar-refractivity contribution is -0.117. The molecule has 2 rings (SSSR count). The van der Waals surface area contributed by atoms with E-state index in [1.807, 2.05) is 31.2 Å².